The van der Waals surface area contributed by atoms with E-state index in [-0.39, 0.29) is 31.2 Å². The topological polar surface area (TPSA) is 104 Å². The third kappa shape index (κ3) is 9.18. The summed E-state index contributed by atoms with van der Waals surface area (Å²) in [5.41, 5.74) is 0.0162. The first kappa shape index (κ1) is 17.6. The van der Waals surface area contributed by atoms with E-state index in [0.29, 0.717) is 6.54 Å². The summed E-state index contributed by atoms with van der Waals surface area (Å²) >= 11 is 0. The Morgan fingerprint density at radius 2 is 1.74 bits per heavy atom. The Bertz CT molecular complexity index is 332. The maximum Gasteiger partial charge on any atom is 0.314 e. The highest BCUT2D eigenvalue weighted by Gasteiger charge is 2.25. The first-order valence-electron chi connectivity index (χ1n) is 6.31. The minimum Gasteiger partial charge on any atom is -0.481 e. The van der Waals surface area contributed by atoms with E-state index in [1.807, 2.05) is 20.8 Å². The zero-order chi connectivity index (χ0) is 15.1. The predicted octanol–water partition coefficient (Wildman–Crippen LogP) is 1.15. The van der Waals surface area contributed by atoms with Gasteiger partial charge in [-0.15, -0.1) is 0 Å². The Balaban J connectivity index is 4.19. The Kier molecular flexibility index (Phi) is 7.29. The van der Waals surface area contributed by atoms with E-state index in [9.17, 15) is 14.4 Å². The van der Waals surface area contributed by atoms with Gasteiger partial charge in [0.1, 0.15) is 5.92 Å². The molecule has 0 fully saturated rings. The van der Waals surface area contributed by atoms with Crippen molar-refractivity contribution in [3.63, 3.8) is 0 Å². The number of hydrogen-bond donors (Lipinski definition) is 3. The van der Waals surface area contributed by atoms with E-state index < -0.39 is 23.6 Å². The molecule has 0 heterocycles. The molecule has 0 saturated heterocycles. The zero-order valence-electron chi connectivity index (χ0n) is 11.7. The molecule has 0 amide bonds. The van der Waals surface area contributed by atoms with Crippen LogP contribution in [0, 0.1) is 11.3 Å². The summed E-state index contributed by atoms with van der Waals surface area (Å²) in [4.78, 5) is 33.1. The van der Waals surface area contributed by atoms with Crippen LogP contribution in [0.3, 0.4) is 0 Å². The van der Waals surface area contributed by atoms with Crippen LogP contribution in [0.1, 0.15) is 40.0 Å². The Labute approximate surface area is 113 Å². The monoisotopic (exact) mass is 273 g/mol. The number of carbonyl (C=O) groups is 3. The van der Waals surface area contributed by atoms with Crippen molar-refractivity contribution in [3.8, 4) is 0 Å². The molecule has 3 N–H and O–H groups in total. The van der Waals surface area contributed by atoms with Crippen LogP contribution >= 0.6 is 0 Å². The van der Waals surface area contributed by atoms with Crippen molar-refractivity contribution < 1.29 is 24.6 Å². The fourth-order valence-corrected chi connectivity index (χ4v) is 1.56. The highest BCUT2D eigenvalue weighted by Crippen LogP contribution is 2.12. The number of ketones is 1. The maximum absolute atomic E-state index is 11.8. The molecule has 19 heavy (non-hydrogen) atoms. The fourth-order valence-electron chi connectivity index (χ4n) is 1.56. The molecule has 6 heteroatoms. The highest BCUT2D eigenvalue weighted by molar-refractivity contribution is 5.99. The van der Waals surface area contributed by atoms with Crippen molar-refractivity contribution in [1.82, 2.24) is 5.32 Å². The average Bonchev–Trinajstić information content (AvgIpc) is 2.21. The second-order valence-electron chi connectivity index (χ2n) is 5.81. The third-order valence-corrected chi connectivity index (χ3v) is 2.52. The molecular formula is C13H23NO5. The van der Waals surface area contributed by atoms with Gasteiger partial charge in [-0.2, -0.15) is 0 Å². The summed E-state index contributed by atoms with van der Waals surface area (Å²) in [6, 6.07) is 0. The highest BCUT2D eigenvalue weighted by atomic mass is 16.4. The van der Waals surface area contributed by atoms with Gasteiger partial charge in [0.25, 0.3) is 0 Å². The van der Waals surface area contributed by atoms with Crippen LogP contribution < -0.4 is 5.32 Å². The number of carbonyl (C=O) groups excluding carboxylic acids is 1. The molecule has 1 unspecified atom stereocenters. The van der Waals surface area contributed by atoms with E-state index in [0.717, 1.165) is 0 Å². The van der Waals surface area contributed by atoms with Crippen LogP contribution in [0.25, 0.3) is 0 Å². The molecular weight excluding hydrogens is 250 g/mol. The number of carboxylic acids is 2. The third-order valence-electron chi connectivity index (χ3n) is 2.52. The number of aliphatic carboxylic acids is 2. The van der Waals surface area contributed by atoms with Gasteiger partial charge in [-0.3, -0.25) is 14.4 Å². The second kappa shape index (κ2) is 7.89. The van der Waals surface area contributed by atoms with Crippen LogP contribution in [0.15, 0.2) is 0 Å². The lowest BCUT2D eigenvalue weighted by atomic mass is 9.95. The lowest BCUT2D eigenvalue weighted by molar-refractivity contribution is -0.147. The molecule has 0 saturated carbocycles. The summed E-state index contributed by atoms with van der Waals surface area (Å²) < 4.78 is 0. The number of rotatable bonds is 9. The normalized spacial score (nSPS) is 13.0. The van der Waals surface area contributed by atoms with Gasteiger partial charge in [-0.1, -0.05) is 20.8 Å². The van der Waals surface area contributed by atoms with Gasteiger partial charge in [-0.05, 0) is 18.3 Å². The lowest BCUT2D eigenvalue weighted by Gasteiger charge is -2.19. The largest absolute Gasteiger partial charge is 0.481 e. The number of Topliss-reactive ketones (excluding diaryl/α,β-unsaturated/α-hetero) is 1. The van der Waals surface area contributed by atoms with Crippen LogP contribution in [-0.4, -0.2) is 41.0 Å². The van der Waals surface area contributed by atoms with Crippen LogP contribution in [-0.2, 0) is 14.4 Å². The van der Waals surface area contributed by atoms with Gasteiger partial charge >= 0.3 is 11.9 Å². The lowest BCUT2D eigenvalue weighted by Crippen LogP contribution is -2.36. The molecule has 0 rings (SSSR count). The van der Waals surface area contributed by atoms with Crippen molar-refractivity contribution in [1.29, 1.82) is 0 Å². The van der Waals surface area contributed by atoms with E-state index in [1.54, 1.807) is 0 Å². The number of nitrogens with one attached hydrogen (secondary N) is 1. The molecule has 1 atom stereocenters. The Hall–Kier alpha value is -1.43. The first-order valence-corrected chi connectivity index (χ1v) is 6.31. The summed E-state index contributed by atoms with van der Waals surface area (Å²) in [6.45, 7) is 6.63. The van der Waals surface area contributed by atoms with Crippen molar-refractivity contribution in [2.24, 2.45) is 11.3 Å². The standard InChI is InChI=1S/C13H23NO5/c1-13(2,3)8-14-7-10(15)9(12(18)19)5-4-6-11(16)17/h9,14H,4-8H2,1-3H3,(H,16,17)(H,18,19). The first-order chi connectivity index (χ1) is 8.63. The Morgan fingerprint density at radius 1 is 1.16 bits per heavy atom. The quantitative estimate of drug-likeness (QED) is 0.544. The molecule has 0 aliphatic rings. The van der Waals surface area contributed by atoms with Crippen molar-refractivity contribution in [2.45, 2.75) is 40.0 Å². The van der Waals surface area contributed by atoms with E-state index in [1.165, 1.54) is 0 Å². The van der Waals surface area contributed by atoms with E-state index in [2.05, 4.69) is 5.32 Å². The minimum atomic E-state index is -1.19. The summed E-state index contributed by atoms with van der Waals surface area (Å²) in [5, 5.41) is 20.4. The maximum atomic E-state index is 11.8. The van der Waals surface area contributed by atoms with Crippen molar-refractivity contribution in [3.05, 3.63) is 0 Å². The molecule has 110 valence electrons. The molecule has 0 bridgehead atoms. The molecule has 0 aromatic rings. The number of hydrogen-bond acceptors (Lipinski definition) is 4. The SMILES string of the molecule is CC(C)(C)CNCC(=O)C(CCCC(=O)O)C(=O)O. The van der Waals surface area contributed by atoms with Crippen LogP contribution in [0.2, 0.25) is 0 Å². The molecule has 6 nitrogen and oxygen atoms in total. The molecule has 0 aromatic heterocycles. The van der Waals surface area contributed by atoms with Gasteiger partial charge in [0.2, 0.25) is 0 Å². The van der Waals surface area contributed by atoms with E-state index >= 15 is 0 Å². The average molecular weight is 273 g/mol. The van der Waals surface area contributed by atoms with Crippen molar-refractivity contribution >= 4 is 17.7 Å². The molecule has 0 aromatic carbocycles. The summed E-state index contributed by atoms with van der Waals surface area (Å²) in [5.74, 6) is -3.69. The van der Waals surface area contributed by atoms with Gasteiger partial charge < -0.3 is 15.5 Å². The molecule has 0 aliphatic heterocycles. The molecule has 0 spiro atoms. The smallest absolute Gasteiger partial charge is 0.314 e. The van der Waals surface area contributed by atoms with Crippen molar-refractivity contribution in [2.75, 3.05) is 13.1 Å². The van der Waals surface area contributed by atoms with Gasteiger partial charge in [-0.25, -0.2) is 0 Å². The number of carboxylic acid groups (broad SMARTS) is 2. The van der Waals surface area contributed by atoms with E-state index in [4.69, 9.17) is 10.2 Å². The summed E-state index contributed by atoms with van der Waals surface area (Å²) in [7, 11) is 0. The fraction of sp³-hybridized carbons (Fsp3) is 0.769. The van der Waals surface area contributed by atoms with Gasteiger partial charge in [0.15, 0.2) is 5.78 Å². The zero-order valence-corrected chi connectivity index (χ0v) is 11.7. The summed E-state index contributed by atoms with van der Waals surface area (Å²) in [6.07, 6.45) is 0.140. The molecule has 0 radical (unpaired) electrons. The minimum absolute atomic E-state index is 0.00130. The Morgan fingerprint density at radius 3 is 2.16 bits per heavy atom. The molecule has 0 aliphatic carbocycles. The van der Waals surface area contributed by atoms with Crippen LogP contribution in [0.5, 0.6) is 0 Å². The second-order valence-corrected chi connectivity index (χ2v) is 5.81. The van der Waals surface area contributed by atoms with Gasteiger partial charge in [0, 0.05) is 13.0 Å². The predicted molar refractivity (Wildman–Crippen MR) is 69.9 cm³/mol. The van der Waals surface area contributed by atoms with Crippen LogP contribution in [0.4, 0.5) is 0 Å². The van der Waals surface area contributed by atoms with Gasteiger partial charge in [0.05, 0.1) is 6.54 Å².